The molecule has 0 spiro atoms. The first-order chi connectivity index (χ1) is 11.1. The Hall–Kier alpha value is -1.79. The number of nitrogens with zero attached hydrogens (tertiary/aromatic N) is 2. The number of hydrogen-bond acceptors (Lipinski definition) is 4. The number of amides is 2. The molecular formula is C16H20ClN3O3. The molecule has 6 nitrogen and oxygen atoms in total. The van der Waals surface area contributed by atoms with Crippen LogP contribution >= 0.6 is 11.6 Å². The van der Waals surface area contributed by atoms with Gasteiger partial charge in [-0.2, -0.15) is 0 Å². The molecular weight excluding hydrogens is 318 g/mol. The molecule has 2 N–H and O–H groups in total. The molecule has 23 heavy (non-hydrogen) atoms. The number of carbonyl (C=O) groups is 2. The van der Waals surface area contributed by atoms with E-state index in [0.29, 0.717) is 49.1 Å². The molecule has 2 saturated heterocycles. The lowest BCUT2D eigenvalue weighted by Crippen LogP contribution is -2.52. The second kappa shape index (κ2) is 6.76. The second-order valence-corrected chi connectivity index (χ2v) is 6.27. The smallest absolute Gasteiger partial charge is 0.255 e. The van der Waals surface area contributed by atoms with Crippen molar-refractivity contribution in [3.8, 4) is 0 Å². The highest BCUT2D eigenvalue weighted by molar-refractivity contribution is 6.34. The second-order valence-electron chi connectivity index (χ2n) is 5.86. The Balaban J connectivity index is 1.60. The molecule has 7 heteroatoms. The van der Waals surface area contributed by atoms with Crippen molar-refractivity contribution in [2.24, 2.45) is 0 Å². The number of hydrogen-bond donors (Lipinski definition) is 1. The lowest BCUT2D eigenvalue weighted by atomic mass is 10.1. The molecule has 0 saturated carbocycles. The first-order valence-corrected chi connectivity index (χ1v) is 8.19. The van der Waals surface area contributed by atoms with E-state index in [2.05, 4.69) is 0 Å². The van der Waals surface area contributed by atoms with E-state index in [1.807, 2.05) is 0 Å². The molecule has 0 aromatic heterocycles. The molecule has 2 aliphatic rings. The van der Waals surface area contributed by atoms with Crippen molar-refractivity contribution >= 4 is 29.1 Å². The van der Waals surface area contributed by atoms with Gasteiger partial charge in [-0.05, 0) is 31.0 Å². The average Bonchev–Trinajstić information content (AvgIpc) is 3.08. The minimum atomic E-state index is -0.302. The van der Waals surface area contributed by atoms with Crippen LogP contribution in [0.2, 0.25) is 5.02 Å². The van der Waals surface area contributed by atoms with E-state index in [4.69, 9.17) is 22.1 Å². The van der Waals surface area contributed by atoms with Crippen LogP contribution in [-0.2, 0) is 9.53 Å². The van der Waals surface area contributed by atoms with Crippen molar-refractivity contribution in [1.29, 1.82) is 0 Å². The maximum atomic E-state index is 12.5. The summed E-state index contributed by atoms with van der Waals surface area (Å²) in [6.07, 6.45) is 1.42. The Labute approximate surface area is 140 Å². The summed E-state index contributed by atoms with van der Waals surface area (Å²) in [5.74, 6) is -0.0840. The molecule has 1 atom stereocenters. The molecule has 1 aromatic rings. The molecule has 1 aromatic carbocycles. The van der Waals surface area contributed by atoms with Crippen molar-refractivity contribution < 1.29 is 14.3 Å². The van der Waals surface area contributed by atoms with Gasteiger partial charge >= 0.3 is 0 Å². The summed E-state index contributed by atoms with van der Waals surface area (Å²) in [6, 6.07) is 4.88. The first-order valence-electron chi connectivity index (χ1n) is 7.81. The van der Waals surface area contributed by atoms with Gasteiger partial charge in [-0.1, -0.05) is 11.6 Å². The number of halogens is 1. The van der Waals surface area contributed by atoms with Gasteiger partial charge in [0.25, 0.3) is 11.8 Å². The van der Waals surface area contributed by atoms with E-state index in [-0.39, 0.29) is 17.9 Å². The van der Waals surface area contributed by atoms with Crippen molar-refractivity contribution in [2.45, 2.75) is 18.9 Å². The third kappa shape index (κ3) is 3.43. The summed E-state index contributed by atoms with van der Waals surface area (Å²) < 4.78 is 5.44. The third-order valence-corrected chi connectivity index (χ3v) is 4.62. The van der Waals surface area contributed by atoms with E-state index in [9.17, 15) is 9.59 Å². The summed E-state index contributed by atoms with van der Waals surface area (Å²) >= 11 is 6.10. The Morgan fingerprint density at radius 2 is 1.87 bits per heavy atom. The summed E-state index contributed by atoms with van der Waals surface area (Å²) in [5, 5.41) is 0.355. The number of anilines is 1. The number of nitrogens with two attached hydrogens (primary N) is 1. The molecule has 0 aliphatic carbocycles. The molecule has 124 valence electrons. The van der Waals surface area contributed by atoms with Crippen molar-refractivity contribution in [1.82, 2.24) is 9.80 Å². The predicted octanol–water partition coefficient (Wildman–Crippen LogP) is 1.39. The first kappa shape index (κ1) is 16.1. The molecule has 0 radical (unpaired) electrons. The van der Waals surface area contributed by atoms with Crippen LogP contribution in [0.3, 0.4) is 0 Å². The van der Waals surface area contributed by atoms with Crippen LogP contribution < -0.4 is 5.73 Å². The van der Waals surface area contributed by atoms with Gasteiger partial charge in [0, 0.05) is 38.5 Å². The molecule has 1 unspecified atom stereocenters. The molecule has 2 heterocycles. The van der Waals surface area contributed by atoms with Gasteiger partial charge in [0.2, 0.25) is 0 Å². The monoisotopic (exact) mass is 337 g/mol. The maximum Gasteiger partial charge on any atom is 0.255 e. The molecule has 0 bridgehead atoms. The fourth-order valence-corrected chi connectivity index (χ4v) is 3.25. The van der Waals surface area contributed by atoms with E-state index >= 15 is 0 Å². The van der Waals surface area contributed by atoms with E-state index < -0.39 is 0 Å². The molecule has 2 fully saturated rings. The van der Waals surface area contributed by atoms with Crippen LogP contribution in [-0.4, -0.2) is 60.5 Å². The van der Waals surface area contributed by atoms with Crippen LogP contribution in [0.4, 0.5) is 5.69 Å². The van der Waals surface area contributed by atoms with Gasteiger partial charge in [0.05, 0.1) is 10.6 Å². The Kier molecular flexibility index (Phi) is 4.73. The fraction of sp³-hybridized carbons (Fsp3) is 0.500. The molecule has 3 rings (SSSR count). The zero-order valence-electron chi connectivity index (χ0n) is 12.8. The number of ether oxygens (including phenoxy) is 1. The highest BCUT2D eigenvalue weighted by atomic mass is 35.5. The normalized spacial score (nSPS) is 21.5. The van der Waals surface area contributed by atoms with Crippen molar-refractivity contribution in [3.63, 3.8) is 0 Å². The zero-order chi connectivity index (χ0) is 16.4. The van der Waals surface area contributed by atoms with Gasteiger partial charge in [-0.25, -0.2) is 0 Å². The Morgan fingerprint density at radius 1 is 1.17 bits per heavy atom. The molecule has 2 aliphatic heterocycles. The largest absolute Gasteiger partial charge is 0.399 e. The lowest BCUT2D eigenvalue weighted by Gasteiger charge is -2.35. The van der Waals surface area contributed by atoms with Crippen molar-refractivity contribution in [2.75, 3.05) is 38.5 Å². The van der Waals surface area contributed by atoms with Crippen LogP contribution in [0.15, 0.2) is 18.2 Å². The van der Waals surface area contributed by atoms with Crippen LogP contribution in [0.1, 0.15) is 23.2 Å². The maximum absolute atomic E-state index is 12.5. The highest BCUT2D eigenvalue weighted by Crippen LogP contribution is 2.22. The Bertz CT molecular complexity index is 609. The van der Waals surface area contributed by atoms with Gasteiger partial charge in [-0.15, -0.1) is 0 Å². The van der Waals surface area contributed by atoms with E-state index in [1.54, 1.807) is 28.0 Å². The zero-order valence-corrected chi connectivity index (χ0v) is 13.6. The van der Waals surface area contributed by atoms with Gasteiger partial charge in [0.15, 0.2) is 0 Å². The standard InChI is InChI=1S/C16H20ClN3O3/c17-13-10-11(18)3-4-12(13)15(21)19-5-7-20(8-6-19)16(22)14-2-1-9-23-14/h3-4,10,14H,1-2,5-9,18H2. The number of piperazine rings is 1. The third-order valence-electron chi connectivity index (χ3n) is 4.31. The van der Waals surface area contributed by atoms with Crippen LogP contribution in [0.25, 0.3) is 0 Å². The number of nitrogen functional groups attached to an aromatic ring is 1. The lowest BCUT2D eigenvalue weighted by molar-refractivity contribution is -0.142. The minimum absolute atomic E-state index is 0.0418. The quantitative estimate of drug-likeness (QED) is 0.827. The SMILES string of the molecule is Nc1ccc(C(=O)N2CCN(C(=O)C3CCCO3)CC2)c(Cl)c1. The summed E-state index contributed by atoms with van der Waals surface area (Å²) in [6.45, 7) is 2.70. The van der Waals surface area contributed by atoms with Gasteiger partial charge in [-0.3, -0.25) is 9.59 Å². The number of carbonyl (C=O) groups excluding carboxylic acids is 2. The topological polar surface area (TPSA) is 75.9 Å². The average molecular weight is 338 g/mol. The number of benzene rings is 1. The van der Waals surface area contributed by atoms with Gasteiger partial charge in [0.1, 0.15) is 6.10 Å². The van der Waals surface area contributed by atoms with Crippen LogP contribution in [0.5, 0.6) is 0 Å². The Morgan fingerprint density at radius 3 is 2.48 bits per heavy atom. The molecule has 2 amide bonds. The summed E-state index contributed by atoms with van der Waals surface area (Å²) in [7, 11) is 0. The van der Waals surface area contributed by atoms with E-state index in [1.165, 1.54) is 0 Å². The summed E-state index contributed by atoms with van der Waals surface area (Å²) in [4.78, 5) is 28.3. The minimum Gasteiger partial charge on any atom is -0.399 e. The van der Waals surface area contributed by atoms with Crippen LogP contribution in [0, 0.1) is 0 Å². The predicted molar refractivity (Wildman–Crippen MR) is 87.3 cm³/mol. The fourth-order valence-electron chi connectivity index (χ4n) is 2.98. The number of rotatable bonds is 2. The summed E-state index contributed by atoms with van der Waals surface area (Å²) in [5.41, 5.74) is 6.62. The van der Waals surface area contributed by atoms with E-state index in [0.717, 1.165) is 12.8 Å². The highest BCUT2D eigenvalue weighted by Gasteiger charge is 2.31. The van der Waals surface area contributed by atoms with Crippen molar-refractivity contribution in [3.05, 3.63) is 28.8 Å². The van der Waals surface area contributed by atoms with Gasteiger partial charge < -0.3 is 20.3 Å².